The van der Waals surface area contributed by atoms with Crippen molar-refractivity contribution >= 4 is 33.0 Å². The lowest BCUT2D eigenvalue weighted by molar-refractivity contribution is -0.116. The second kappa shape index (κ2) is 6.66. The minimum atomic E-state index is -3.55. The van der Waals surface area contributed by atoms with Crippen LogP contribution in [0.3, 0.4) is 0 Å². The Morgan fingerprint density at radius 2 is 2.12 bits per heavy atom. The zero-order valence-electron chi connectivity index (χ0n) is 13.7. The zero-order chi connectivity index (χ0) is 17.3. The summed E-state index contributed by atoms with van der Waals surface area (Å²) in [5.74, 6) is -0.0128. The van der Waals surface area contributed by atoms with Crippen LogP contribution in [-0.2, 0) is 27.8 Å². The van der Waals surface area contributed by atoms with Crippen LogP contribution in [-0.4, -0.2) is 32.2 Å². The average molecular weight is 364 g/mol. The number of amides is 1. The minimum Gasteiger partial charge on any atom is -0.312 e. The van der Waals surface area contributed by atoms with Gasteiger partial charge in [-0.15, -0.1) is 0 Å². The number of sulfonamides is 1. The van der Waals surface area contributed by atoms with Gasteiger partial charge in [0, 0.05) is 32.7 Å². The standard InChI is InChI=1S/C17H20N2O3S2/c1-13(20)19-8-3-4-15-10-16(5-6-17(15)19)24(21,22)18(2)11-14-7-9-23-12-14/h5-7,9-10,12H,3-4,8,11H2,1-2H3. The average Bonchev–Trinajstić information content (AvgIpc) is 3.06. The largest absolute Gasteiger partial charge is 0.312 e. The van der Waals surface area contributed by atoms with Gasteiger partial charge in [-0.05, 0) is 59.0 Å². The molecule has 7 heteroatoms. The number of hydrogen-bond donors (Lipinski definition) is 0. The van der Waals surface area contributed by atoms with Crippen molar-refractivity contribution in [2.24, 2.45) is 0 Å². The molecule has 0 saturated carbocycles. The van der Waals surface area contributed by atoms with E-state index in [1.807, 2.05) is 16.8 Å². The van der Waals surface area contributed by atoms with Crippen molar-refractivity contribution in [2.75, 3.05) is 18.5 Å². The highest BCUT2D eigenvalue weighted by Crippen LogP contribution is 2.30. The molecular formula is C17H20N2O3S2. The maximum absolute atomic E-state index is 12.8. The second-order valence-corrected chi connectivity index (χ2v) is 8.78. The molecule has 1 amide bonds. The highest BCUT2D eigenvalue weighted by Gasteiger charge is 2.25. The molecule has 0 spiro atoms. The van der Waals surface area contributed by atoms with Crippen LogP contribution in [0.5, 0.6) is 0 Å². The highest BCUT2D eigenvalue weighted by atomic mass is 32.2. The molecule has 0 saturated heterocycles. The fourth-order valence-electron chi connectivity index (χ4n) is 2.97. The summed E-state index contributed by atoms with van der Waals surface area (Å²) in [5.41, 5.74) is 2.72. The zero-order valence-corrected chi connectivity index (χ0v) is 15.4. The first-order chi connectivity index (χ1) is 11.4. The monoisotopic (exact) mass is 364 g/mol. The number of aryl methyl sites for hydroxylation is 1. The van der Waals surface area contributed by atoms with Crippen molar-refractivity contribution in [1.29, 1.82) is 0 Å². The van der Waals surface area contributed by atoms with Gasteiger partial charge >= 0.3 is 0 Å². The van der Waals surface area contributed by atoms with Gasteiger partial charge in [0.15, 0.2) is 0 Å². The maximum Gasteiger partial charge on any atom is 0.243 e. The molecule has 1 aromatic carbocycles. The van der Waals surface area contributed by atoms with E-state index in [1.165, 1.54) is 11.2 Å². The summed E-state index contributed by atoms with van der Waals surface area (Å²) < 4.78 is 27.0. The lowest BCUT2D eigenvalue weighted by Crippen LogP contribution is -2.34. The van der Waals surface area contributed by atoms with Crippen LogP contribution in [0.25, 0.3) is 0 Å². The Morgan fingerprint density at radius 3 is 2.79 bits per heavy atom. The first kappa shape index (κ1) is 17.1. The fourth-order valence-corrected chi connectivity index (χ4v) is 4.84. The van der Waals surface area contributed by atoms with Gasteiger partial charge in [0.05, 0.1) is 4.90 Å². The SMILES string of the molecule is CC(=O)N1CCCc2cc(S(=O)(=O)N(C)Cc3ccsc3)ccc21. The smallest absolute Gasteiger partial charge is 0.243 e. The molecule has 0 fully saturated rings. The minimum absolute atomic E-state index is 0.0128. The van der Waals surface area contributed by atoms with Crippen LogP contribution in [0.2, 0.25) is 0 Å². The number of anilines is 1. The molecule has 0 atom stereocenters. The molecule has 0 aliphatic carbocycles. The molecule has 2 heterocycles. The van der Waals surface area contributed by atoms with Crippen LogP contribution in [0, 0.1) is 0 Å². The lowest BCUT2D eigenvalue weighted by atomic mass is 10.0. The number of rotatable bonds is 4. The topological polar surface area (TPSA) is 57.7 Å². The Kier molecular flexibility index (Phi) is 4.76. The second-order valence-electron chi connectivity index (χ2n) is 5.96. The molecule has 0 N–H and O–H groups in total. The maximum atomic E-state index is 12.8. The van der Waals surface area contributed by atoms with Crippen molar-refractivity contribution in [3.05, 3.63) is 46.2 Å². The molecule has 2 aromatic rings. The molecule has 24 heavy (non-hydrogen) atoms. The summed E-state index contributed by atoms with van der Waals surface area (Å²) in [6.45, 7) is 2.57. The Hall–Kier alpha value is -1.70. The Morgan fingerprint density at radius 1 is 1.33 bits per heavy atom. The van der Waals surface area contributed by atoms with E-state index in [4.69, 9.17) is 0 Å². The van der Waals surface area contributed by atoms with E-state index in [-0.39, 0.29) is 10.8 Å². The third-order valence-electron chi connectivity index (χ3n) is 4.24. The molecule has 5 nitrogen and oxygen atoms in total. The van der Waals surface area contributed by atoms with E-state index >= 15 is 0 Å². The van der Waals surface area contributed by atoms with E-state index in [2.05, 4.69) is 0 Å². The molecule has 1 aromatic heterocycles. The van der Waals surface area contributed by atoms with Crippen molar-refractivity contribution in [3.63, 3.8) is 0 Å². The molecule has 3 rings (SSSR count). The summed E-state index contributed by atoms with van der Waals surface area (Å²) in [5, 5.41) is 3.88. The summed E-state index contributed by atoms with van der Waals surface area (Å²) in [6, 6.07) is 6.99. The van der Waals surface area contributed by atoms with Gasteiger partial charge in [0.25, 0.3) is 0 Å². The van der Waals surface area contributed by atoms with Gasteiger partial charge in [-0.2, -0.15) is 15.6 Å². The third-order valence-corrected chi connectivity index (χ3v) is 6.77. The molecule has 0 radical (unpaired) electrons. The molecular weight excluding hydrogens is 344 g/mol. The van der Waals surface area contributed by atoms with Gasteiger partial charge in [-0.25, -0.2) is 8.42 Å². The number of hydrogen-bond acceptors (Lipinski definition) is 4. The van der Waals surface area contributed by atoms with Crippen molar-refractivity contribution in [3.8, 4) is 0 Å². The van der Waals surface area contributed by atoms with E-state index in [0.717, 1.165) is 29.7 Å². The summed E-state index contributed by atoms with van der Waals surface area (Å²) in [7, 11) is -1.96. The summed E-state index contributed by atoms with van der Waals surface area (Å²) in [4.78, 5) is 13.7. The number of benzene rings is 1. The van der Waals surface area contributed by atoms with Crippen molar-refractivity contribution in [1.82, 2.24) is 4.31 Å². The molecule has 1 aliphatic rings. The summed E-state index contributed by atoms with van der Waals surface area (Å²) in [6.07, 6.45) is 1.64. The van der Waals surface area contributed by atoms with Gasteiger partial charge in [0.1, 0.15) is 0 Å². The van der Waals surface area contributed by atoms with Crippen LogP contribution in [0.15, 0.2) is 39.9 Å². The van der Waals surface area contributed by atoms with E-state index in [9.17, 15) is 13.2 Å². The van der Waals surface area contributed by atoms with Crippen LogP contribution < -0.4 is 4.90 Å². The van der Waals surface area contributed by atoms with Crippen LogP contribution >= 0.6 is 11.3 Å². The number of fused-ring (bicyclic) bond motifs is 1. The highest BCUT2D eigenvalue weighted by molar-refractivity contribution is 7.89. The number of thiophene rings is 1. The van der Waals surface area contributed by atoms with Gasteiger partial charge < -0.3 is 4.90 Å². The molecule has 0 unspecified atom stereocenters. The van der Waals surface area contributed by atoms with E-state index in [0.29, 0.717) is 13.1 Å². The number of carbonyl (C=O) groups is 1. The lowest BCUT2D eigenvalue weighted by Gasteiger charge is -2.29. The fraction of sp³-hybridized carbons (Fsp3) is 0.353. The van der Waals surface area contributed by atoms with Gasteiger partial charge in [-0.1, -0.05) is 0 Å². The van der Waals surface area contributed by atoms with E-state index < -0.39 is 10.0 Å². The molecule has 1 aliphatic heterocycles. The van der Waals surface area contributed by atoms with Crippen LogP contribution in [0.1, 0.15) is 24.5 Å². The van der Waals surface area contributed by atoms with E-state index in [1.54, 1.807) is 41.5 Å². The van der Waals surface area contributed by atoms with Crippen molar-refractivity contribution in [2.45, 2.75) is 31.2 Å². The molecule has 0 bridgehead atoms. The Labute approximate surface area is 146 Å². The number of carbonyl (C=O) groups excluding carboxylic acids is 1. The third kappa shape index (κ3) is 3.24. The van der Waals surface area contributed by atoms with Gasteiger partial charge in [0.2, 0.25) is 15.9 Å². The quantitative estimate of drug-likeness (QED) is 0.838. The van der Waals surface area contributed by atoms with Crippen molar-refractivity contribution < 1.29 is 13.2 Å². The first-order valence-corrected chi connectivity index (χ1v) is 10.2. The summed E-state index contributed by atoms with van der Waals surface area (Å²) >= 11 is 1.55. The predicted molar refractivity (Wildman–Crippen MR) is 95.8 cm³/mol. The Bertz CT molecular complexity index is 845. The predicted octanol–water partition coefficient (Wildman–Crippen LogP) is 2.87. The molecule has 128 valence electrons. The Balaban J connectivity index is 1.90. The normalized spacial score (nSPS) is 14.7. The first-order valence-electron chi connectivity index (χ1n) is 7.78. The van der Waals surface area contributed by atoms with Gasteiger partial charge in [-0.3, -0.25) is 4.79 Å². The van der Waals surface area contributed by atoms with Crippen LogP contribution in [0.4, 0.5) is 5.69 Å². The number of nitrogens with zero attached hydrogens (tertiary/aromatic N) is 2.